The van der Waals surface area contributed by atoms with Crippen molar-refractivity contribution in [3.8, 4) is 0 Å². The molecule has 0 saturated heterocycles. The maximum atomic E-state index is 4.09. The van der Waals surface area contributed by atoms with E-state index in [1.165, 1.54) is 22.2 Å². The molecule has 0 bridgehead atoms. The molecule has 4 heteroatoms. The Hall–Kier alpha value is -0.770. The van der Waals surface area contributed by atoms with Crippen molar-refractivity contribution in [3.63, 3.8) is 0 Å². The molecule has 2 heterocycles. The van der Waals surface area contributed by atoms with Gasteiger partial charge in [0.25, 0.3) is 0 Å². The van der Waals surface area contributed by atoms with Crippen molar-refractivity contribution in [2.75, 3.05) is 30.4 Å². The fraction of sp³-hybridized carbons (Fsp3) is 0.500. The van der Waals surface area contributed by atoms with Gasteiger partial charge in [-0.1, -0.05) is 0 Å². The van der Waals surface area contributed by atoms with Gasteiger partial charge in [0, 0.05) is 20.1 Å². The van der Waals surface area contributed by atoms with Gasteiger partial charge in [-0.05, 0) is 11.5 Å². The van der Waals surface area contributed by atoms with Crippen molar-refractivity contribution in [2.45, 2.75) is 0 Å². The number of nitrogens with one attached hydrogen (secondary N) is 1. The Kier molecular flexibility index (Phi) is 1.27. The number of fused-ring (bicyclic) bond motifs is 1. The number of hydrogen-bond acceptors (Lipinski definition) is 4. The Morgan fingerprint density at radius 2 is 2.70 bits per heavy atom. The predicted molar refractivity (Wildman–Crippen MR) is 43.9 cm³/mol. The fourth-order valence-electron chi connectivity index (χ4n) is 1.09. The van der Waals surface area contributed by atoms with Gasteiger partial charge in [-0.3, -0.25) is 0 Å². The van der Waals surface area contributed by atoms with Crippen molar-refractivity contribution in [1.29, 1.82) is 0 Å². The Bertz CT molecular complexity index is 233. The van der Waals surface area contributed by atoms with Crippen molar-refractivity contribution in [3.05, 3.63) is 6.20 Å². The Morgan fingerprint density at radius 1 is 1.80 bits per heavy atom. The molecule has 0 saturated carbocycles. The second kappa shape index (κ2) is 2.12. The standard InChI is InChI=1S/C6H9N3S/c1-9-3-2-7-6-5(9)4-8-10-6/h4,7H,2-3H2,1H3. The SMILES string of the molecule is CN1CCNc2sncc21. The van der Waals surface area contributed by atoms with Crippen LogP contribution in [-0.2, 0) is 0 Å². The Labute approximate surface area is 63.8 Å². The number of likely N-dealkylation sites (N-methyl/N-ethyl adjacent to an activating group) is 1. The molecule has 1 aromatic heterocycles. The van der Waals surface area contributed by atoms with E-state index in [9.17, 15) is 0 Å². The first-order chi connectivity index (χ1) is 4.88. The molecule has 1 aliphatic rings. The Balaban J connectivity index is 2.41. The molecule has 2 rings (SSSR count). The van der Waals surface area contributed by atoms with E-state index in [1.807, 2.05) is 6.20 Å². The summed E-state index contributed by atoms with van der Waals surface area (Å²) in [5, 5.41) is 4.49. The molecule has 1 aliphatic heterocycles. The Morgan fingerprint density at radius 3 is 3.50 bits per heavy atom. The summed E-state index contributed by atoms with van der Waals surface area (Å²) >= 11 is 1.53. The van der Waals surface area contributed by atoms with E-state index in [-0.39, 0.29) is 0 Å². The second-order valence-electron chi connectivity index (χ2n) is 2.39. The minimum Gasteiger partial charge on any atom is -0.372 e. The van der Waals surface area contributed by atoms with Gasteiger partial charge in [0.1, 0.15) is 5.00 Å². The van der Waals surface area contributed by atoms with E-state index >= 15 is 0 Å². The lowest BCUT2D eigenvalue weighted by atomic mass is 10.4. The van der Waals surface area contributed by atoms with Crippen molar-refractivity contribution in [2.24, 2.45) is 0 Å². The molecular formula is C6H9N3S. The average molecular weight is 155 g/mol. The van der Waals surface area contributed by atoms with Crippen LogP contribution in [0, 0.1) is 0 Å². The zero-order valence-corrected chi connectivity index (χ0v) is 6.61. The van der Waals surface area contributed by atoms with Crippen molar-refractivity contribution < 1.29 is 0 Å². The normalized spacial score (nSPS) is 16.3. The third kappa shape index (κ3) is 0.759. The first kappa shape index (κ1) is 5.97. The molecule has 10 heavy (non-hydrogen) atoms. The number of rotatable bonds is 0. The van der Waals surface area contributed by atoms with Crippen molar-refractivity contribution >= 4 is 22.2 Å². The summed E-state index contributed by atoms with van der Waals surface area (Å²) in [6.45, 7) is 2.11. The zero-order valence-electron chi connectivity index (χ0n) is 5.79. The van der Waals surface area contributed by atoms with Gasteiger partial charge in [0.15, 0.2) is 0 Å². The molecule has 1 N–H and O–H groups in total. The molecule has 0 unspecified atom stereocenters. The summed E-state index contributed by atoms with van der Waals surface area (Å²) in [5.41, 5.74) is 1.23. The second-order valence-corrected chi connectivity index (χ2v) is 3.19. The van der Waals surface area contributed by atoms with Gasteiger partial charge in [0.05, 0.1) is 11.9 Å². The summed E-state index contributed by atoms with van der Waals surface area (Å²) in [4.78, 5) is 2.22. The largest absolute Gasteiger partial charge is 0.372 e. The maximum Gasteiger partial charge on any atom is 0.133 e. The van der Waals surface area contributed by atoms with E-state index in [4.69, 9.17) is 0 Å². The highest BCUT2D eigenvalue weighted by atomic mass is 32.1. The van der Waals surface area contributed by atoms with E-state index in [0.717, 1.165) is 13.1 Å². The summed E-state index contributed by atoms with van der Waals surface area (Å²) in [7, 11) is 2.09. The van der Waals surface area contributed by atoms with Crippen LogP contribution in [0.15, 0.2) is 6.20 Å². The summed E-state index contributed by atoms with van der Waals surface area (Å²) < 4.78 is 4.09. The third-order valence-corrected chi connectivity index (χ3v) is 2.44. The molecule has 1 aromatic rings. The quantitative estimate of drug-likeness (QED) is 0.606. The number of nitrogens with zero attached hydrogens (tertiary/aromatic N) is 2. The van der Waals surface area contributed by atoms with Gasteiger partial charge < -0.3 is 10.2 Å². The van der Waals surface area contributed by atoms with Crippen LogP contribution < -0.4 is 10.2 Å². The van der Waals surface area contributed by atoms with Crippen molar-refractivity contribution in [1.82, 2.24) is 4.37 Å². The fourth-order valence-corrected chi connectivity index (χ4v) is 1.81. The molecule has 0 spiro atoms. The molecule has 0 amide bonds. The molecular weight excluding hydrogens is 146 g/mol. The molecule has 3 nitrogen and oxygen atoms in total. The minimum atomic E-state index is 1.03. The van der Waals surface area contributed by atoms with Gasteiger partial charge >= 0.3 is 0 Å². The van der Waals surface area contributed by atoms with Gasteiger partial charge in [-0.25, -0.2) is 0 Å². The highest BCUT2D eigenvalue weighted by Gasteiger charge is 2.13. The molecule has 0 fully saturated rings. The van der Waals surface area contributed by atoms with Gasteiger partial charge in [0.2, 0.25) is 0 Å². The monoisotopic (exact) mass is 155 g/mol. The highest BCUT2D eigenvalue weighted by molar-refractivity contribution is 7.10. The average Bonchev–Trinajstić information content (AvgIpc) is 2.36. The van der Waals surface area contributed by atoms with Crippen LogP contribution in [0.5, 0.6) is 0 Å². The first-order valence-corrected chi connectivity index (χ1v) is 4.05. The maximum absolute atomic E-state index is 4.09. The molecule has 0 atom stereocenters. The lowest BCUT2D eigenvalue weighted by Crippen LogP contribution is -2.29. The van der Waals surface area contributed by atoms with E-state index in [0.29, 0.717) is 0 Å². The molecule has 0 aromatic carbocycles. The molecule has 0 aliphatic carbocycles. The smallest absolute Gasteiger partial charge is 0.133 e. The van der Waals surface area contributed by atoms with Crippen LogP contribution in [0.3, 0.4) is 0 Å². The third-order valence-electron chi connectivity index (χ3n) is 1.70. The lowest BCUT2D eigenvalue weighted by Gasteiger charge is -2.24. The lowest BCUT2D eigenvalue weighted by molar-refractivity contribution is 0.893. The summed E-state index contributed by atoms with van der Waals surface area (Å²) in [5.74, 6) is 0. The van der Waals surface area contributed by atoms with Gasteiger partial charge in [-0.15, -0.1) is 0 Å². The van der Waals surface area contributed by atoms with Crippen LogP contribution in [0.25, 0.3) is 0 Å². The van der Waals surface area contributed by atoms with Crippen LogP contribution in [0.1, 0.15) is 0 Å². The zero-order chi connectivity index (χ0) is 6.97. The van der Waals surface area contributed by atoms with Crippen LogP contribution in [-0.4, -0.2) is 24.5 Å². The summed E-state index contributed by atoms with van der Waals surface area (Å²) in [6, 6.07) is 0. The van der Waals surface area contributed by atoms with Crippen LogP contribution in [0.4, 0.5) is 10.7 Å². The highest BCUT2D eigenvalue weighted by Crippen LogP contribution is 2.30. The van der Waals surface area contributed by atoms with E-state index in [2.05, 4.69) is 21.6 Å². The first-order valence-electron chi connectivity index (χ1n) is 3.27. The predicted octanol–water partition coefficient (Wildman–Crippen LogP) is 1.00. The molecule has 54 valence electrons. The number of hydrogen-bond donors (Lipinski definition) is 1. The van der Waals surface area contributed by atoms with Crippen LogP contribution in [0.2, 0.25) is 0 Å². The van der Waals surface area contributed by atoms with Crippen LogP contribution >= 0.6 is 11.5 Å². The topological polar surface area (TPSA) is 28.2 Å². The number of anilines is 2. The van der Waals surface area contributed by atoms with Gasteiger partial charge in [-0.2, -0.15) is 4.37 Å². The number of aromatic nitrogens is 1. The summed E-state index contributed by atoms with van der Waals surface area (Å²) in [6.07, 6.45) is 1.91. The minimum absolute atomic E-state index is 1.03. The van der Waals surface area contributed by atoms with E-state index < -0.39 is 0 Å². The van der Waals surface area contributed by atoms with E-state index in [1.54, 1.807) is 0 Å². The molecule has 0 radical (unpaired) electrons.